The number of aliphatic hydroxyl groups excluding tert-OH is 1. The van der Waals surface area contributed by atoms with Crippen LogP contribution >= 0.6 is 0 Å². The molecule has 1 heterocycles. The molecule has 0 aliphatic carbocycles. The van der Waals surface area contributed by atoms with Crippen molar-refractivity contribution >= 4 is 11.8 Å². The first-order chi connectivity index (χ1) is 10.0. The van der Waals surface area contributed by atoms with Crippen LogP contribution in [0.1, 0.15) is 72.6 Å². The van der Waals surface area contributed by atoms with E-state index < -0.39 is 5.97 Å². The largest absolute Gasteiger partial charge is 0.481 e. The quantitative estimate of drug-likeness (QED) is 0.720. The SMILES string of the molecule is CC1(C)CC(O)CC(C)(C)N1CCCC(=O)CCCC(=O)O. The van der Waals surface area contributed by atoms with Crippen molar-refractivity contribution < 1.29 is 19.8 Å². The standard InChI is InChI=1S/C17H31NO4/c1-16(2)11-14(20)12-17(3,4)18(16)10-6-8-13(19)7-5-9-15(21)22/h14,20H,5-12H2,1-4H3,(H,21,22). The molecule has 0 aromatic carbocycles. The van der Waals surface area contributed by atoms with E-state index in [9.17, 15) is 14.7 Å². The zero-order chi connectivity index (χ0) is 17.0. The van der Waals surface area contributed by atoms with Crippen LogP contribution in [-0.4, -0.2) is 50.6 Å². The van der Waals surface area contributed by atoms with Gasteiger partial charge in [0.25, 0.3) is 0 Å². The highest BCUT2D eigenvalue weighted by atomic mass is 16.4. The molecule has 1 fully saturated rings. The Labute approximate surface area is 133 Å². The molecule has 0 bridgehead atoms. The second-order valence-electron chi connectivity index (χ2n) is 7.73. The number of nitrogens with zero attached hydrogens (tertiary/aromatic N) is 1. The molecule has 0 atom stereocenters. The van der Waals surface area contributed by atoms with Crippen LogP contribution < -0.4 is 0 Å². The first kappa shape index (κ1) is 19.1. The minimum absolute atomic E-state index is 0.0653. The molecule has 5 nitrogen and oxygen atoms in total. The highest BCUT2D eigenvalue weighted by Gasteiger charge is 2.44. The highest BCUT2D eigenvalue weighted by molar-refractivity contribution is 5.78. The molecule has 2 N–H and O–H groups in total. The number of likely N-dealkylation sites (tertiary alicyclic amines) is 1. The van der Waals surface area contributed by atoms with Crippen molar-refractivity contribution in [3.8, 4) is 0 Å². The normalized spacial score (nSPS) is 21.7. The van der Waals surface area contributed by atoms with Crippen LogP contribution in [0.3, 0.4) is 0 Å². The van der Waals surface area contributed by atoms with Crippen LogP contribution in [-0.2, 0) is 9.59 Å². The Balaban J connectivity index is 2.42. The van der Waals surface area contributed by atoms with E-state index in [0.717, 1.165) is 25.8 Å². The van der Waals surface area contributed by atoms with Gasteiger partial charge in [-0.15, -0.1) is 0 Å². The molecule has 0 aromatic heterocycles. The summed E-state index contributed by atoms with van der Waals surface area (Å²) in [5, 5.41) is 18.6. The van der Waals surface area contributed by atoms with Crippen molar-refractivity contribution in [2.24, 2.45) is 0 Å². The Bertz CT molecular complexity index is 385. The Hall–Kier alpha value is -0.940. The second kappa shape index (κ2) is 7.55. The molecule has 1 rings (SSSR count). The summed E-state index contributed by atoms with van der Waals surface area (Å²) in [7, 11) is 0. The maximum atomic E-state index is 11.8. The van der Waals surface area contributed by atoms with Crippen molar-refractivity contribution in [1.82, 2.24) is 4.90 Å². The molecule has 128 valence electrons. The van der Waals surface area contributed by atoms with Gasteiger partial charge in [-0.1, -0.05) is 0 Å². The van der Waals surface area contributed by atoms with Gasteiger partial charge in [-0.05, 0) is 59.9 Å². The topological polar surface area (TPSA) is 77.8 Å². The van der Waals surface area contributed by atoms with Gasteiger partial charge in [-0.3, -0.25) is 14.5 Å². The summed E-state index contributed by atoms with van der Waals surface area (Å²) in [5.41, 5.74) is -0.152. The van der Waals surface area contributed by atoms with Gasteiger partial charge in [0.15, 0.2) is 0 Å². The van der Waals surface area contributed by atoms with Gasteiger partial charge in [-0.2, -0.15) is 0 Å². The van der Waals surface area contributed by atoms with Gasteiger partial charge in [-0.25, -0.2) is 0 Å². The molecular weight excluding hydrogens is 282 g/mol. The summed E-state index contributed by atoms with van der Waals surface area (Å²) in [6.45, 7) is 9.41. The van der Waals surface area contributed by atoms with E-state index in [1.165, 1.54) is 0 Å². The van der Waals surface area contributed by atoms with Crippen LogP contribution in [0.2, 0.25) is 0 Å². The predicted octanol–water partition coefficient (Wildman–Crippen LogP) is 2.60. The lowest BCUT2D eigenvalue weighted by Gasteiger charge is -2.54. The lowest BCUT2D eigenvalue weighted by molar-refractivity contribution is -0.137. The minimum atomic E-state index is -0.844. The van der Waals surface area contributed by atoms with Crippen LogP contribution in [0.25, 0.3) is 0 Å². The number of carboxylic acid groups (broad SMARTS) is 1. The van der Waals surface area contributed by atoms with E-state index in [-0.39, 0.29) is 29.4 Å². The number of aliphatic hydroxyl groups is 1. The molecule has 5 heteroatoms. The van der Waals surface area contributed by atoms with Gasteiger partial charge < -0.3 is 10.2 Å². The van der Waals surface area contributed by atoms with Crippen molar-refractivity contribution in [2.45, 2.75) is 89.8 Å². The van der Waals surface area contributed by atoms with E-state index in [1.807, 2.05) is 0 Å². The average molecular weight is 313 g/mol. The van der Waals surface area contributed by atoms with Gasteiger partial charge >= 0.3 is 5.97 Å². The number of hydrogen-bond acceptors (Lipinski definition) is 4. The molecule has 0 saturated carbocycles. The first-order valence-corrected chi connectivity index (χ1v) is 8.24. The third-order valence-corrected chi connectivity index (χ3v) is 4.62. The maximum absolute atomic E-state index is 11.8. The third kappa shape index (κ3) is 5.69. The van der Waals surface area contributed by atoms with E-state index in [2.05, 4.69) is 32.6 Å². The van der Waals surface area contributed by atoms with E-state index in [0.29, 0.717) is 19.3 Å². The zero-order valence-electron chi connectivity index (χ0n) is 14.4. The Morgan fingerprint density at radius 3 is 2.00 bits per heavy atom. The fourth-order valence-electron chi connectivity index (χ4n) is 3.87. The number of Topliss-reactive ketones (excluding diaryl/α,β-unsaturated/α-hetero) is 1. The summed E-state index contributed by atoms with van der Waals surface area (Å²) >= 11 is 0. The summed E-state index contributed by atoms with van der Waals surface area (Å²) < 4.78 is 0. The van der Waals surface area contributed by atoms with Crippen LogP contribution in [0.5, 0.6) is 0 Å². The number of piperidine rings is 1. The van der Waals surface area contributed by atoms with Crippen molar-refractivity contribution in [2.75, 3.05) is 6.54 Å². The predicted molar refractivity (Wildman–Crippen MR) is 85.8 cm³/mol. The highest BCUT2D eigenvalue weighted by Crippen LogP contribution is 2.38. The van der Waals surface area contributed by atoms with Crippen LogP contribution in [0.15, 0.2) is 0 Å². The first-order valence-electron chi connectivity index (χ1n) is 8.24. The molecule has 22 heavy (non-hydrogen) atoms. The van der Waals surface area contributed by atoms with Crippen molar-refractivity contribution in [3.05, 3.63) is 0 Å². The Kier molecular flexibility index (Phi) is 6.56. The van der Waals surface area contributed by atoms with Gasteiger partial charge in [0.2, 0.25) is 0 Å². The number of ketones is 1. The van der Waals surface area contributed by atoms with Crippen LogP contribution in [0.4, 0.5) is 0 Å². The Morgan fingerprint density at radius 2 is 1.50 bits per heavy atom. The van der Waals surface area contributed by atoms with E-state index >= 15 is 0 Å². The Morgan fingerprint density at radius 1 is 1.00 bits per heavy atom. The molecule has 1 saturated heterocycles. The molecule has 0 radical (unpaired) electrons. The lowest BCUT2D eigenvalue weighted by Crippen LogP contribution is -2.61. The molecule has 0 amide bonds. The summed E-state index contributed by atoms with van der Waals surface area (Å²) in [5.74, 6) is -0.697. The molecule has 0 aromatic rings. The smallest absolute Gasteiger partial charge is 0.303 e. The van der Waals surface area contributed by atoms with E-state index in [1.54, 1.807) is 0 Å². The monoisotopic (exact) mass is 313 g/mol. The number of carbonyl (C=O) groups is 2. The second-order valence-corrected chi connectivity index (χ2v) is 7.73. The zero-order valence-corrected chi connectivity index (χ0v) is 14.4. The molecular formula is C17H31NO4. The van der Waals surface area contributed by atoms with Crippen LogP contribution in [0, 0.1) is 0 Å². The fraction of sp³-hybridized carbons (Fsp3) is 0.882. The van der Waals surface area contributed by atoms with Gasteiger partial charge in [0.05, 0.1) is 6.10 Å². The third-order valence-electron chi connectivity index (χ3n) is 4.62. The summed E-state index contributed by atoms with van der Waals surface area (Å²) in [4.78, 5) is 24.6. The molecule has 1 aliphatic heterocycles. The lowest BCUT2D eigenvalue weighted by atomic mass is 9.78. The van der Waals surface area contributed by atoms with Crippen molar-refractivity contribution in [1.29, 1.82) is 0 Å². The van der Waals surface area contributed by atoms with Crippen molar-refractivity contribution in [3.63, 3.8) is 0 Å². The maximum Gasteiger partial charge on any atom is 0.303 e. The number of aliphatic carboxylic acids is 1. The fourth-order valence-corrected chi connectivity index (χ4v) is 3.87. The minimum Gasteiger partial charge on any atom is -0.481 e. The van der Waals surface area contributed by atoms with Gasteiger partial charge in [0.1, 0.15) is 5.78 Å². The van der Waals surface area contributed by atoms with E-state index in [4.69, 9.17) is 5.11 Å². The summed E-state index contributed by atoms with van der Waals surface area (Å²) in [6.07, 6.45) is 3.39. The molecule has 1 aliphatic rings. The number of rotatable bonds is 8. The summed E-state index contributed by atoms with van der Waals surface area (Å²) in [6, 6.07) is 0. The number of carboxylic acids is 1. The van der Waals surface area contributed by atoms with Gasteiger partial charge in [0, 0.05) is 30.3 Å². The number of hydrogen-bond donors (Lipinski definition) is 2. The molecule has 0 unspecified atom stereocenters. The average Bonchev–Trinajstić information content (AvgIpc) is 2.30. The molecule has 0 spiro atoms. The number of carbonyl (C=O) groups excluding carboxylic acids is 1.